The van der Waals surface area contributed by atoms with Crippen LogP contribution in [0.1, 0.15) is 35.4 Å². The van der Waals surface area contributed by atoms with Crippen molar-refractivity contribution in [3.8, 4) is 11.5 Å². The van der Waals surface area contributed by atoms with Crippen LogP contribution in [0.25, 0.3) is 0 Å². The fourth-order valence-electron chi connectivity index (χ4n) is 3.85. The Balaban J connectivity index is 1.59. The molecule has 0 unspecified atom stereocenters. The van der Waals surface area contributed by atoms with Crippen molar-refractivity contribution in [2.75, 3.05) is 7.11 Å². The Morgan fingerprint density at radius 2 is 1.82 bits per heavy atom. The van der Waals surface area contributed by atoms with Gasteiger partial charge in [0.2, 0.25) is 6.23 Å². The van der Waals surface area contributed by atoms with E-state index >= 15 is 0 Å². The number of benzene rings is 3. The Hall–Kier alpha value is -2.98. The molecule has 0 amide bonds. The van der Waals surface area contributed by atoms with Gasteiger partial charge in [-0.15, -0.1) is 0 Å². The van der Waals surface area contributed by atoms with Crippen molar-refractivity contribution in [3.05, 3.63) is 94.5 Å². The molecule has 3 aromatic carbocycles. The lowest BCUT2D eigenvalue weighted by molar-refractivity contribution is -0.0190. The molecule has 0 saturated carbocycles. The molecular weight excluding hydrogens is 372 g/mol. The van der Waals surface area contributed by atoms with E-state index in [1.165, 1.54) is 0 Å². The van der Waals surface area contributed by atoms with E-state index in [9.17, 15) is 0 Å². The summed E-state index contributed by atoms with van der Waals surface area (Å²) in [6.07, 6.45) is 0.513. The SMILES string of the molecule is COc1ccc([C@H]2Oc3ccc(Cl)cc3[C@@H]3CC(c4ccccc4)=NN23)cc1. The zero-order valence-electron chi connectivity index (χ0n) is 15.4. The first-order valence-corrected chi connectivity index (χ1v) is 9.62. The summed E-state index contributed by atoms with van der Waals surface area (Å²) in [5.74, 6) is 1.68. The Labute approximate surface area is 169 Å². The summed E-state index contributed by atoms with van der Waals surface area (Å²) in [5, 5.41) is 7.73. The van der Waals surface area contributed by atoms with E-state index < -0.39 is 0 Å². The highest BCUT2D eigenvalue weighted by Gasteiger charge is 2.41. The fraction of sp³-hybridized carbons (Fsp3) is 0.174. The highest BCUT2D eigenvalue weighted by Crippen LogP contribution is 2.48. The van der Waals surface area contributed by atoms with Crippen LogP contribution in [0.3, 0.4) is 0 Å². The molecule has 2 atom stereocenters. The predicted molar refractivity (Wildman–Crippen MR) is 110 cm³/mol. The van der Waals surface area contributed by atoms with Gasteiger partial charge < -0.3 is 9.47 Å². The second kappa shape index (κ2) is 6.88. The lowest BCUT2D eigenvalue weighted by Gasteiger charge is -2.38. The Morgan fingerprint density at radius 3 is 2.57 bits per heavy atom. The van der Waals surface area contributed by atoms with Crippen molar-refractivity contribution in [1.29, 1.82) is 0 Å². The molecule has 2 heterocycles. The van der Waals surface area contributed by atoms with Gasteiger partial charge in [-0.1, -0.05) is 41.9 Å². The number of hydrazone groups is 1. The van der Waals surface area contributed by atoms with Crippen LogP contribution in [0.5, 0.6) is 11.5 Å². The first-order valence-electron chi connectivity index (χ1n) is 9.24. The van der Waals surface area contributed by atoms with Gasteiger partial charge in [0, 0.05) is 22.6 Å². The Kier molecular flexibility index (Phi) is 4.21. The number of halogens is 1. The van der Waals surface area contributed by atoms with Gasteiger partial charge in [0.05, 0.1) is 18.9 Å². The largest absolute Gasteiger partial charge is 0.497 e. The molecule has 2 aliphatic rings. The lowest BCUT2D eigenvalue weighted by Crippen LogP contribution is -2.33. The van der Waals surface area contributed by atoms with Crippen molar-refractivity contribution < 1.29 is 9.47 Å². The zero-order chi connectivity index (χ0) is 19.1. The molecule has 0 saturated heterocycles. The maximum absolute atomic E-state index is 6.36. The zero-order valence-corrected chi connectivity index (χ0v) is 16.1. The molecule has 0 fully saturated rings. The fourth-order valence-corrected chi connectivity index (χ4v) is 4.03. The molecule has 0 spiro atoms. The van der Waals surface area contributed by atoms with Crippen molar-refractivity contribution >= 4 is 17.3 Å². The maximum Gasteiger partial charge on any atom is 0.213 e. The van der Waals surface area contributed by atoms with E-state index in [4.69, 9.17) is 26.2 Å². The number of ether oxygens (including phenoxy) is 2. The third-order valence-electron chi connectivity index (χ3n) is 5.26. The molecule has 5 rings (SSSR count). The van der Waals surface area contributed by atoms with E-state index in [-0.39, 0.29) is 12.3 Å². The van der Waals surface area contributed by atoms with E-state index in [1.807, 2.05) is 60.7 Å². The minimum atomic E-state index is -0.300. The summed E-state index contributed by atoms with van der Waals surface area (Å²) in [4.78, 5) is 0. The van der Waals surface area contributed by atoms with Crippen LogP contribution in [0.15, 0.2) is 77.9 Å². The number of hydrogen-bond donors (Lipinski definition) is 0. The molecule has 4 nitrogen and oxygen atoms in total. The summed E-state index contributed by atoms with van der Waals surface area (Å²) < 4.78 is 11.7. The van der Waals surface area contributed by atoms with E-state index in [2.05, 4.69) is 17.1 Å². The molecule has 5 heteroatoms. The number of methoxy groups -OCH3 is 1. The van der Waals surface area contributed by atoms with Gasteiger partial charge >= 0.3 is 0 Å². The first kappa shape index (κ1) is 17.1. The van der Waals surface area contributed by atoms with Gasteiger partial charge in [0.15, 0.2) is 0 Å². The minimum absolute atomic E-state index is 0.0877. The average Bonchev–Trinajstić information content (AvgIpc) is 3.20. The van der Waals surface area contributed by atoms with Crippen LogP contribution in [0.2, 0.25) is 5.02 Å². The van der Waals surface area contributed by atoms with Gasteiger partial charge in [-0.25, -0.2) is 5.01 Å². The predicted octanol–water partition coefficient (Wildman–Crippen LogP) is 5.59. The summed E-state index contributed by atoms with van der Waals surface area (Å²) in [6.45, 7) is 0. The monoisotopic (exact) mass is 390 g/mol. The molecule has 140 valence electrons. The molecule has 2 aliphatic heterocycles. The van der Waals surface area contributed by atoms with Gasteiger partial charge in [-0.2, -0.15) is 5.10 Å². The third-order valence-corrected chi connectivity index (χ3v) is 5.49. The number of fused-ring (bicyclic) bond motifs is 3. The van der Waals surface area contributed by atoms with Crippen LogP contribution >= 0.6 is 11.6 Å². The molecule has 0 N–H and O–H groups in total. The highest BCUT2D eigenvalue weighted by atomic mass is 35.5. The Bertz CT molecular complexity index is 1030. The minimum Gasteiger partial charge on any atom is -0.497 e. The summed E-state index contributed by atoms with van der Waals surface area (Å²) in [6, 6.07) is 24.1. The van der Waals surface area contributed by atoms with E-state index in [0.717, 1.165) is 40.3 Å². The highest BCUT2D eigenvalue weighted by molar-refractivity contribution is 6.30. The quantitative estimate of drug-likeness (QED) is 0.584. The number of hydrogen-bond acceptors (Lipinski definition) is 4. The summed E-state index contributed by atoms with van der Waals surface area (Å²) in [5.41, 5.74) is 4.30. The van der Waals surface area contributed by atoms with Crippen LogP contribution in [-0.2, 0) is 0 Å². The average molecular weight is 391 g/mol. The molecule has 0 aliphatic carbocycles. The van der Waals surface area contributed by atoms with Crippen molar-refractivity contribution in [2.45, 2.75) is 18.7 Å². The van der Waals surface area contributed by atoms with E-state index in [1.54, 1.807) is 7.11 Å². The maximum atomic E-state index is 6.36. The second-order valence-electron chi connectivity index (χ2n) is 6.94. The Morgan fingerprint density at radius 1 is 1.04 bits per heavy atom. The van der Waals surface area contributed by atoms with Crippen molar-refractivity contribution in [1.82, 2.24) is 5.01 Å². The van der Waals surface area contributed by atoms with Crippen molar-refractivity contribution in [3.63, 3.8) is 0 Å². The molecule has 0 aromatic heterocycles. The summed E-state index contributed by atoms with van der Waals surface area (Å²) >= 11 is 6.28. The van der Waals surface area contributed by atoms with Crippen LogP contribution in [0.4, 0.5) is 0 Å². The van der Waals surface area contributed by atoms with Crippen LogP contribution in [0, 0.1) is 0 Å². The molecule has 0 radical (unpaired) electrons. The van der Waals surface area contributed by atoms with E-state index in [0.29, 0.717) is 5.02 Å². The first-order chi connectivity index (χ1) is 13.7. The number of rotatable bonds is 3. The normalized spacial score (nSPS) is 20.1. The van der Waals surface area contributed by atoms with Crippen LogP contribution < -0.4 is 9.47 Å². The summed E-state index contributed by atoms with van der Waals surface area (Å²) in [7, 11) is 1.67. The second-order valence-corrected chi connectivity index (χ2v) is 7.37. The third kappa shape index (κ3) is 2.90. The molecule has 3 aromatic rings. The standard InChI is InChI=1S/C23H19ClN2O2/c1-27-18-10-7-16(8-11-18)23-26-21(19-13-17(24)9-12-22(19)28-23)14-20(25-26)15-5-3-2-4-6-15/h2-13,21,23H,14H2,1H3/t21-,23+/m0/s1. The van der Waals surface area contributed by atoms with Gasteiger partial charge in [0.25, 0.3) is 0 Å². The molecular formula is C23H19ClN2O2. The topological polar surface area (TPSA) is 34.1 Å². The smallest absolute Gasteiger partial charge is 0.213 e. The van der Waals surface area contributed by atoms with Gasteiger partial charge in [-0.05, 0) is 48.0 Å². The number of nitrogens with zero attached hydrogens (tertiary/aromatic N) is 2. The molecule has 0 bridgehead atoms. The van der Waals surface area contributed by atoms with Crippen molar-refractivity contribution in [2.24, 2.45) is 5.10 Å². The molecule has 28 heavy (non-hydrogen) atoms. The van der Waals surface area contributed by atoms with Crippen LogP contribution in [-0.4, -0.2) is 17.8 Å². The van der Waals surface area contributed by atoms with Gasteiger partial charge in [-0.3, -0.25) is 0 Å². The van der Waals surface area contributed by atoms with Gasteiger partial charge in [0.1, 0.15) is 11.5 Å². The lowest BCUT2D eigenvalue weighted by atomic mass is 9.96.